The number of hydrogen-bond acceptors (Lipinski definition) is 4. The fourth-order valence-electron chi connectivity index (χ4n) is 2.75. The molecular weight excluding hydrogens is 196 g/mol. The third-order valence-electron chi connectivity index (χ3n) is 3.64. The molecule has 0 unspecified atom stereocenters. The number of hydrogen-bond donors (Lipinski definition) is 0. The highest BCUT2D eigenvalue weighted by atomic mass is 16.9. The molecule has 0 atom stereocenters. The van der Waals surface area contributed by atoms with Gasteiger partial charge in [0.05, 0.1) is 13.2 Å². The Kier molecular flexibility index (Phi) is 2.47. The SMILES string of the molecule is CC1OC(C2CCC3(CC2)OCCO3)O1. The third kappa shape index (κ3) is 1.80. The Labute approximate surface area is 89.8 Å². The van der Waals surface area contributed by atoms with E-state index in [2.05, 4.69) is 0 Å². The van der Waals surface area contributed by atoms with E-state index in [1.165, 1.54) is 0 Å². The van der Waals surface area contributed by atoms with Gasteiger partial charge in [-0.1, -0.05) is 0 Å². The van der Waals surface area contributed by atoms with Crippen molar-refractivity contribution >= 4 is 0 Å². The van der Waals surface area contributed by atoms with Crippen molar-refractivity contribution in [2.45, 2.75) is 51.0 Å². The van der Waals surface area contributed by atoms with Crippen LogP contribution in [0.2, 0.25) is 0 Å². The smallest absolute Gasteiger partial charge is 0.168 e. The Balaban J connectivity index is 1.52. The van der Waals surface area contributed by atoms with Gasteiger partial charge in [-0.05, 0) is 19.8 Å². The average molecular weight is 214 g/mol. The zero-order valence-corrected chi connectivity index (χ0v) is 9.11. The second kappa shape index (κ2) is 3.70. The molecule has 0 amide bonds. The summed E-state index contributed by atoms with van der Waals surface area (Å²) >= 11 is 0. The molecule has 4 nitrogen and oxygen atoms in total. The standard InChI is InChI=1S/C11H18O4/c1-8-14-10(15-8)9-2-4-11(5-3-9)12-6-7-13-11/h8-10H,2-7H2,1H3. The van der Waals surface area contributed by atoms with Crippen LogP contribution in [-0.2, 0) is 18.9 Å². The second-order valence-electron chi connectivity index (χ2n) is 4.65. The lowest BCUT2D eigenvalue weighted by molar-refractivity contribution is -0.396. The average Bonchev–Trinajstić information content (AvgIpc) is 2.64. The van der Waals surface area contributed by atoms with Crippen LogP contribution in [-0.4, -0.2) is 31.6 Å². The van der Waals surface area contributed by atoms with Gasteiger partial charge in [0.25, 0.3) is 0 Å². The lowest BCUT2D eigenvalue weighted by Crippen LogP contribution is -2.47. The summed E-state index contributed by atoms with van der Waals surface area (Å²) in [6, 6.07) is 0. The van der Waals surface area contributed by atoms with Crippen molar-refractivity contribution in [2.24, 2.45) is 5.92 Å². The predicted octanol–water partition coefficient (Wildman–Crippen LogP) is 1.64. The first kappa shape index (κ1) is 10.0. The van der Waals surface area contributed by atoms with E-state index in [1.807, 2.05) is 6.92 Å². The van der Waals surface area contributed by atoms with Gasteiger partial charge in [-0.3, -0.25) is 0 Å². The minimum atomic E-state index is -0.258. The van der Waals surface area contributed by atoms with E-state index >= 15 is 0 Å². The molecule has 0 aromatic heterocycles. The minimum Gasteiger partial charge on any atom is -0.348 e. The summed E-state index contributed by atoms with van der Waals surface area (Å²) in [6.07, 6.45) is 4.14. The van der Waals surface area contributed by atoms with E-state index in [0.717, 1.165) is 38.9 Å². The first-order chi connectivity index (χ1) is 7.27. The molecule has 2 saturated heterocycles. The van der Waals surface area contributed by atoms with Crippen LogP contribution in [0.1, 0.15) is 32.6 Å². The first-order valence-electron chi connectivity index (χ1n) is 5.86. The first-order valence-corrected chi connectivity index (χ1v) is 5.86. The molecule has 15 heavy (non-hydrogen) atoms. The summed E-state index contributed by atoms with van der Waals surface area (Å²) in [7, 11) is 0. The molecule has 1 aliphatic carbocycles. The van der Waals surface area contributed by atoms with E-state index in [9.17, 15) is 0 Å². The third-order valence-corrected chi connectivity index (χ3v) is 3.64. The van der Waals surface area contributed by atoms with Crippen molar-refractivity contribution in [3.8, 4) is 0 Å². The maximum Gasteiger partial charge on any atom is 0.168 e. The van der Waals surface area contributed by atoms with Crippen molar-refractivity contribution in [1.29, 1.82) is 0 Å². The summed E-state index contributed by atoms with van der Waals surface area (Å²) in [5.41, 5.74) is 0. The molecule has 0 bridgehead atoms. The summed E-state index contributed by atoms with van der Waals surface area (Å²) in [5.74, 6) is 0.269. The second-order valence-corrected chi connectivity index (χ2v) is 4.65. The van der Waals surface area contributed by atoms with Crippen LogP contribution in [0.15, 0.2) is 0 Å². The van der Waals surface area contributed by atoms with Crippen molar-refractivity contribution in [3.05, 3.63) is 0 Å². The van der Waals surface area contributed by atoms with Crippen LogP contribution in [0.3, 0.4) is 0 Å². The quantitative estimate of drug-likeness (QED) is 0.665. The molecule has 3 fully saturated rings. The van der Waals surface area contributed by atoms with Gasteiger partial charge in [0.15, 0.2) is 18.4 Å². The lowest BCUT2D eigenvalue weighted by Gasteiger charge is -2.43. The van der Waals surface area contributed by atoms with Gasteiger partial charge in [0.1, 0.15) is 0 Å². The molecule has 3 aliphatic rings. The van der Waals surface area contributed by atoms with Gasteiger partial charge in [0, 0.05) is 18.8 Å². The van der Waals surface area contributed by atoms with Crippen LogP contribution in [0.25, 0.3) is 0 Å². The lowest BCUT2D eigenvalue weighted by atomic mass is 9.84. The Hall–Kier alpha value is -0.160. The Bertz CT molecular complexity index is 221. The van der Waals surface area contributed by atoms with Crippen LogP contribution >= 0.6 is 0 Å². The highest BCUT2D eigenvalue weighted by molar-refractivity contribution is 4.84. The normalized spacial score (nSPS) is 40.6. The van der Waals surface area contributed by atoms with Crippen LogP contribution < -0.4 is 0 Å². The highest BCUT2D eigenvalue weighted by Crippen LogP contribution is 2.41. The molecular formula is C11H18O4. The van der Waals surface area contributed by atoms with E-state index in [1.54, 1.807) is 0 Å². The molecule has 0 N–H and O–H groups in total. The molecule has 3 rings (SSSR count). The predicted molar refractivity (Wildman–Crippen MR) is 52.0 cm³/mol. The maximum absolute atomic E-state index is 5.68. The van der Waals surface area contributed by atoms with Crippen LogP contribution in [0, 0.1) is 5.92 Å². The van der Waals surface area contributed by atoms with Gasteiger partial charge in [-0.25, -0.2) is 0 Å². The van der Waals surface area contributed by atoms with Gasteiger partial charge in [-0.2, -0.15) is 0 Å². The van der Waals surface area contributed by atoms with Gasteiger partial charge in [0.2, 0.25) is 0 Å². The largest absolute Gasteiger partial charge is 0.348 e. The molecule has 2 aliphatic heterocycles. The summed E-state index contributed by atoms with van der Waals surface area (Å²) in [6.45, 7) is 3.43. The number of ether oxygens (including phenoxy) is 4. The van der Waals surface area contributed by atoms with E-state index in [-0.39, 0.29) is 18.4 Å². The van der Waals surface area contributed by atoms with Crippen molar-refractivity contribution in [3.63, 3.8) is 0 Å². The fraction of sp³-hybridized carbons (Fsp3) is 1.00. The monoisotopic (exact) mass is 214 g/mol. The molecule has 0 radical (unpaired) electrons. The molecule has 1 saturated carbocycles. The summed E-state index contributed by atoms with van der Waals surface area (Å²) in [5, 5.41) is 0. The number of rotatable bonds is 1. The zero-order valence-electron chi connectivity index (χ0n) is 9.11. The van der Waals surface area contributed by atoms with Crippen molar-refractivity contribution in [1.82, 2.24) is 0 Å². The van der Waals surface area contributed by atoms with E-state index in [4.69, 9.17) is 18.9 Å². The Morgan fingerprint density at radius 1 is 1.00 bits per heavy atom. The highest BCUT2D eigenvalue weighted by Gasteiger charge is 2.44. The zero-order chi connectivity index (χ0) is 10.3. The molecule has 1 spiro atoms. The Morgan fingerprint density at radius 2 is 1.60 bits per heavy atom. The maximum atomic E-state index is 5.68. The van der Waals surface area contributed by atoms with Crippen LogP contribution in [0.4, 0.5) is 0 Å². The minimum absolute atomic E-state index is 0.00938. The fourth-order valence-corrected chi connectivity index (χ4v) is 2.75. The van der Waals surface area contributed by atoms with Gasteiger partial charge < -0.3 is 18.9 Å². The Morgan fingerprint density at radius 3 is 2.13 bits per heavy atom. The van der Waals surface area contributed by atoms with Crippen molar-refractivity contribution in [2.75, 3.05) is 13.2 Å². The molecule has 2 heterocycles. The van der Waals surface area contributed by atoms with Gasteiger partial charge in [-0.15, -0.1) is 0 Å². The van der Waals surface area contributed by atoms with Crippen molar-refractivity contribution < 1.29 is 18.9 Å². The summed E-state index contributed by atoms with van der Waals surface area (Å²) < 4.78 is 22.4. The van der Waals surface area contributed by atoms with E-state index in [0.29, 0.717) is 5.92 Å². The van der Waals surface area contributed by atoms with Crippen LogP contribution in [0.5, 0.6) is 0 Å². The molecule has 86 valence electrons. The molecule has 0 aromatic carbocycles. The summed E-state index contributed by atoms with van der Waals surface area (Å²) in [4.78, 5) is 0. The molecule has 4 heteroatoms. The topological polar surface area (TPSA) is 36.9 Å². The van der Waals surface area contributed by atoms with E-state index < -0.39 is 0 Å². The molecule has 0 aromatic rings. The van der Waals surface area contributed by atoms with Gasteiger partial charge >= 0.3 is 0 Å².